The molecule has 3 rings (SSSR count). The molecule has 1 aromatic heterocycles. The fraction of sp³-hybridized carbons (Fsp3) is 0.353. The molecule has 1 heterocycles. The Balaban J connectivity index is 1.85. The fourth-order valence-electron chi connectivity index (χ4n) is 2.78. The first kappa shape index (κ1) is 13.3. The van der Waals surface area contributed by atoms with Gasteiger partial charge in [0.05, 0.1) is 11.7 Å². The molecule has 0 aliphatic heterocycles. The summed E-state index contributed by atoms with van der Waals surface area (Å²) in [5.41, 5.74) is 7.46. The van der Waals surface area contributed by atoms with E-state index in [2.05, 4.69) is 34.7 Å². The summed E-state index contributed by atoms with van der Waals surface area (Å²) in [6.07, 6.45) is 4.03. The standard InChI is InChI=1S/C17H21N3/c1-12-4-2-7-16(19-12)17(20-18)15-10-8-14(9-11-15)13-5-3-6-13/h2,4,7-11,13,17,20H,3,5-6,18H2,1H3. The van der Waals surface area contributed by atoms with E-state index in [-0.39, 0.29) is 6.04 Å². The molecule has 1 aliphatic rings. The van der Waals surface area contributed by atoms with Crippen molar-refractivity contribution in [2.24, 2.45) is 5.84 Å². The number of hydrogen-bond donors (Lipinski definition) is 2. The Hall–Kier alpha value is -1.71. The highest BCUT2D eigenvalue weighted by Gasteiger charge is 2.20. The van der Waals surface area contributed by atoms with Crippen LogP contribution in [0.15, 0.2) is 42.5 Å². The molecular weight excluding hydrogens is 246 g/mol. The average molecular weight is 267 g/mol. The summed E-state index contributed by atoms with van der Waals surface area (Å²) in [5.74, 6) is 6.50. The van der Waals surface area contributed by atoms with Crippen molar-refractivity contribution in [2.75, 3.05) is 0 Å². The number of nitrogens with two attached hydrogens (primary N) is 1. The number of hydrazine groups is 1. The third kappa shape index (κ3) is 2.60. The molecule has 104 valence electrons. The highest BCUT2D eigenvalue weighted by molar-refractivity contribution is 5.32. The molecule has 20 heavy (non-hydrogen) atoms. The lowest BCUT2D eigenvalue weighted by Crippen LogP contribution is -2.29. The maximum atomic E-state index is 5.73. The molecule has 0 amide bonds. The minimum absolute atomic E-state index is 0.0506. The average Bonchev–Trinajstić information content (AvgIpc) is 2.40. The van der Waals surface area contributed by atoms with Gasteiger partial charge in [0, 0.05) is 5.69 Å². The molecule has 1 saturated carbocycles. The zero-order chi connectivity index (χ0) is 13.9. The third-order valence-electron chi connectivity index (χ3n) is 4.22. The summed E-state index contributed by atoms with van der Waals surface area (Å²) < 4.78 is 0. The van der Waals surface area contributed by atoms with Gasteiger partial charge in [0.15, 0.2) is 0 Å². The van der Waals surface area contributed by atoms with Crippen molar-refractivity contribution in [1.29, 1.82) is 0 Å². The molecule has 2 aromatic rings. The maximum absolute atomic E-state index is 5.73. The largest absolute Gasteiger partial charge is 0.271 e. The van der Waals surface area contributed by atoms with E-state index in [0.29, 0.717) is 0 Å². The lowest BCUT2D eigenvalue weighted by Gasteiger charge is -2.26. The number of rotatable bonds is 4. The van der Waals surface area contributed by atoms with Crippen LogP contribution in [0.2, 0.25) is 0 Å². The van der Waals surface area contributed by atoms with Crippen LogP contribution in [0.3, 0.4) is 0 Å². The van der Waals surface area contributed by atoms with E-state index in [0.717, 1.165) is 22.9 Å². The summed E-state index contributed by atoms with van der Waals surface area (Å²) >= 11 is 0. The van der Waals surface area contributed by atoms with Crippen molar-refractivity contribution < 1.29 is 0 Å². The molecule has 1 unspecified atom stereocenters. The van der Waals surface area contributed by atoms with Crippen LogP contribution in [0.1, 0.15) is 53.7 Å². The van der Waals surface area contributed by atoms with E-state index in [1.54, 1.807) is 0 Å². The van der Waals surface area contributed by atoms with Crippen LogP contribution in [0, 0.1) is 6.92 Å². The van der Waals surface area contributed by atoms with Gasteiger partial charge < -0.3 is 0 Å². The summed E-state index contributed by atoms with van der Waals surface area (Å²) in [4.78, 5) is 4.56. The summed E-state index contributed by atoms with van der Waals surface area (Å²) in [5, 5.41) is 0. The van der Waals surface area contributed by atoms with Gasteiger partial charge in [-0.3, -0.25) is 10.8 Å². The van der Waals surface area contributed by atoms with Gasteiger partial charge in [0.25, 0.3) is 0 Å². The number of benzene rings is 1. The minimum atomic E-state index is -0.0506. The van der Waals surface area contributed by atoms with Crippen LogP contribution in [-0.2, 0) is 0 Å². The number of nitrogens with zero attached hydrogens (tertiary/aromatic N) is 1. The zero-order valence-electron chi connectivity index (χ0n) is 11.8. The molecule has 0 radical (unpaired) electrons. The van der Waals surface area contributed by atoms with Gasteiger partial charge in [-0.25, -0.2) is 5.43 Å². The highest BCUT2D eigenvalue weighted by Crippen LogP contribution is 2.36. The molecule has 3 heteroatoms. The Kier molecular flexibility index (Phi) is 3.81. The van der Waals surface area contributed by atoms with Crippen molar-refractivity contribution in [1.82, 2.24) is 10.4 Å². The Labute approximate surface area is 120 Å². The van der Waals surface area contributed by atoms with Crippen LogP contribution in [0.25, 0.3) is 0 Å². The van der Waals surface area contributed by atoms with E-state index in [9.17, 15) is 0 Å². The quantitative estimate of drug-likeness (QED) is 0.660. The monoisotopic (exact) mass is 267 g/mol. The van der Waals surface area contributed by atoms with Gasteiger partial charge in [-0.05, 0) is 48.9 Å². The Morgan fingerprint density at radius 1 is 1.15 bits per heavy atom. The van der Waals surface area contributed by atoms with Crippen molar-refractivity contribution in [2.45, 2.75) is 38.1 Å². The molecule has 3 N–H and O–H groups in total. The van der Waals surface area contributed by atoms with E-state index < -0.39 is 0 Å². The first-order valence-corrected chi connectivity index (χ1v) is 7.27. The molecule has 3 nitrogen and oxygen atoms in total. The van der Waals surface area contributed by atoms with Crippen LogP contribution >= 0.6 is 0 Å². The van der Waals surface area contributed by atoms with E-state index >= 15 is 0 Å². The summed E-state index contributed by atoms with van der Waals surface area (Å²) in [6, 6.07) is 14.8. The van der Waals surface area contributed by atoms with Gasteiger partial charge in [-0.15, -0.1) is 0 Å². The van der Waals surface area contributed by atoms with E-state index in [1.807, 2.05) is 25.1 Å². The fourth-order valence-corrected chi connectivity index (χ4v) is 2.78. The van der Waals surface area contributed by atoms with Crippen molar-refractivity contribution in [3.05, 3.63) is 65.0 Å². The normalized spacial score (nSPS) is 16.7. The molecule has 1 atom stereocenters. The number of aromatic nitrogens is 1. The predicted molar refractivity (Wildman–Crippen MR) is 81.2 cm³/mol. The van der Waals surface area contributed by atoms with E-state index in [4.69, 9.17) is 5.84 Å². The molecule has 0 bridgehead atoms. The molecular formula is C17H21N3. The Morgan fingerprint density at radius 2 is 1.90 bits per heavy atom. The maximum Gasteiger partial charge on any atom is 0.0881 e. The van der Waals surface area contributed by atoms with Crippen LogP contribution in [-0.4, -0.2) is 4.98 Å². The number of aryl methyl sites for hydroxylation is 1. The van der Waals surface area contributed by atoms with Crippen molar-refractivity contribution in [3.8, 4) is 0 Å². The van der Waals surface area contributed by atoms with Crippen LogP contribution < -0.4 is 11.3 Å². The molecule has 1 fully saturated rings. The second-order valence-corrected chi connectivity index (χ2v) is 5.60. The number of hydrogen-bond acceptors (Lipinski definition) is 3. The topological polar surface area (TPSA) is 50.9 Å². The predicted octanol–water partition coefficient (Wildman–Crippen LogP) is 3.21. The lowest BCUT2D eigenvalue weighted by atomic mass is 9.80. The lowest BCUT2D eigenvalue weighted by molar-refractivity contribution is 0.419. The highest BCUT2D eigenvalue weighted by atomic mass is 15.2. The van der Waals surface area contributed by atoms with Crippen molar-refractivity contribution >= 4 is 0 Å². The SMILES string of the molecule is Cc1cccc(C(NN)c2ccc(C3CCC3)cc2)n1. The third-order valence-corrected chi connectivity index (χ3v) is 4.22. The Morgan fingerprint density at radius 3 is 2.45 bits per heavy atom. The van der Waals surface area contributed by atoms with E-state index in [1.165, 1.54) is 24.8 Å². The van der Waals surface area contributed by atoms with Crippen molar-refractivity contribution in [3.63, 3.8) is 0 Å². The van der Waals surface area contributed by atoms with Gasteiger partial charge in [-0.1, -0.05) is 36.8 Å². The summed E-state index contributed by atoms with van der Waals surface area (Å²) in [6.45, 7) is 2.00. The second kappa shape index (κ2) is 5.73. The molecule has 1 aromatic carbocycles. The van der Waals surface area contributed by atoms with Gasteiger partial charge in [0.2, 0.25) is 0 Å². The molecule has 1 aliphatic carbocycles. The first-order valence-electron chi connectivity index (χ1n) is 7.27. The minimum Gasteiger partial charge on any atom is -0.271 e. The number of pyridine rings is 1. The molecule has 0 saturated heterocycles. The Bertz CT molecular complexity index is 573. The number of nitrogens with one attached hydrogen (secondary N) is 1. The molecule has 0 spiro atoms. The summed E-state index contributed by atoms with van der Waals surface area (Å²) in [7, 11) is 0. The smallest absolute Gasteiger partial charge is 0.0881 e. The second-order valence-electron chi connectivity index (χ2n) is 5.60. The van der Waals surface area contributed by atoms with Crippen LogP contribution in [0.5, 0.6) is 0 Å². The first-order chi connectivity index (χ1) is 9.78. The van der Waals surface area contributed by atoms with Gasteiger partial charge >= 0.3 is 0 Å². The van der Waals surface area contributed by atoms with Crippen LogP contribution in [0.4, 0.5) is 0 Å². The van der Waals surface area contributed by atoms with Gasteiger partial charge in [0.1, 0.15) is 0 Å². The van der Waals surface area contributed by atoms with Gasteiger partial charge in [-0.2, -0.15) is 0 Å². The zero-order valence-corrected chi connectivity index (χ0v) is 11.8.